The highest BCUT2D eigenvalue weighted by atomic mass is 35.5. The summed E-state index contributed by atoms with van der Waals surface area (Å²) in [5.41, 5.74) is 5.61. The molecule has 1 amide bonds. The van der Waals surface area contributed by atoms with E-state index in [-0.39, 0.29) is 5.91 Å². The lowest BCUT2D eigenvalue weighted by molar-refractivity contribution is 0.102. The van der Waals surface area contributed by atoms with Gasteiger partial charge in [0.15, 0.2) is 0 Å². The molecular formula is C25H22Cl2N2O. The molecule has 0 aliphatic rings. The number of para-hydroxylation sites is 1. The van der Waals surface area contributed by atoms with Gasteiger partial charge in [0.2, 0.25) is 0 Å². The summed E-state index contributed by atoms with van der Waals surface area (Å²) >= 11 is 12.5. The standard InChI is InChI=1S/C25H22Cl2N2O/c1-16(2)13-24(29-23-10-5-4-7-17(23)3)21-15-20(11-12-22(21)27)28-25(30)18-8-6-9-19(26)14-18/h4-15H,1-3H3,(H,28,30). The monoisotopic (exact) mass is 436 g/mol. The molecule has 1 N–H and O–H groups in total. The highest BCUT2D eigenvalue weighted by molar-refractivity contribution is 6.35. The molecule has 0 spiro atoms. The molecule has 3 nitrogen and oxygen atoms in total. The predicted molar refractivity (Wildman–Crippen MR) is 128 cm³/mol. The second-order valence-electron chi connectivity index (χ2n) is 7.16. The van der Waals surface area contributed by atoms with Crippen LogP contribution in [0.3, 0.4) is 0 Å². The van der Waals surface area contributed by atoms with Crippen LogP contribution in [0.4, 0.5) is 11.4 Å². The van der Waals surface area contributed by atoms with Crippen LogP contribution >= 0.6 is 23.2 Å². The zero-order valence-corrected chi connectivity index (χ0v) is 18.6. The smallest absolute Gasteiger partial charge is 0.255 e. The minimum Gasteiger partial charge on any atom is -0.322 e. The number of hydrogen-bond donors (Lipinski definition) is 1. The molecule has 0 aromatic heterocycles. The van der Waals surface area contributed by atoms with Gasteiger partial charge in [0.1, 0.15) is 0 Å². The highest BCUT2D eigenvalue weighted by Crippen LogP contribution is 2.26. The first-order valence-corrected chi connectivity index (χ1v) is 10.2. The molecule has 0 saturated heterocycles. The zero-order valence-electron chi connectivity index (χ0n) is 17.0. The molecule has 0 atom stereocenters. The summed E-state index contributed by atoms with van der Waals surface area (Å²) in [6, 6.07) is 20.1. The zero-order chi connectivity index (χ0) is 21.7. The van der Waals surface area contributed by atoms with Gasteiger partial charge in [0.05, 0.1) is 16.4 Å². The van der Waals surface area contributed by atoms with Gasteiger partial charge in [-0.1, -0.05) is 53.0 Å². The fraction of sp³-hybridized carbons (Fsp3) is 0.120. The fourth-order valence-electron chi connectivity index (χ4n) is 2.89. The average molecular weight is 437 g/mol. The summed E-state index contributed by atoms with van der Waals surface area (Å²) in [6.07, 6.45) is 1.98. The van der Waals surface area contributed by atoms with Crippen LogP contribution in [-0.4, -0.2) is 11.6 Å². The Labute approximate surface area is 187 Å². The van der Waals surface area contributed by atoms with Crippen LogP contribution in [0, 0.1) is 6.92 Å². The third-order valence-electron chi connectivity index (χ3n) is 4.37. The number of nitrogens with zero attached hydrogens (tertiary/aromatic N) is 1. The van der Waals surface area contributed by atoms with Crippen molar-refractivity contribution in [1.82, 2.24) is 0 Å². The van der Waals surface area contributed by atoms with Crippen LogP contribution in [0.1, 0.15) is 35.3 Å². The summed E-state index contributed by atoms with van der Waals surface area (Å²) in [5, 5.41) is 3.97. The number of anilines is 1. The van der Waals surface area contributed by atoms with Crippen LogP contribution in [0.25, 0.3) is 0 Å². The van der Waals surface area contributed by atoms with E-state index < -0.39 is 0 Å². The van der Waals surface area contributed by atoms with Gasteiger partial charge >= 0.3 is 0 Å². The Kier molecular flexibility index (Phi) is 7.09. The van der Waals surface area contributed by atoms with Crippen molar-refractivity contribution in [1.29, 1.82) is 0 Å². The maximum Gasteiger partial charge on any atom is 0.255 e. The molecule has 30 heavy (non-hydrogen) atoms. The largest absolute Gasteiger partial charge is 0.322 e. The van der Waals surface area contributed by atoms with Crippen molar-refractivity contribution in [2.45, 2.75) is 20.8 Å². The lowest BCUT2D eigenvalue weighted by Gasteiger charge is -2.11. The van der Waals surface area contributed by atoms with Crippen LogP contribution in [0.5, 0.6) is 0 Å². The molecule has 152 valence electrons. The molecule has 0 bridgehead atoms. The lowest BCUT2D eigenvalue weighted by atomic mass is 10.1. The number of aliphatic imine (C=N–C) groups is 1. The molecule has 0 heterocycles. The maximum atomic E-state index is 12.6. The van der Waals surface area contributed by atoms with Gasteiger partial charge in [-0.25, -0.2) is 4.99 Å². The minimum atomic E-state index is -0.245. The van der Waals surface area contributed by atoms with Gasteiger partial charge in [0.25, 0.3) is 5.91 Å². The number of carbonyl (C=O) groups excluding carboxylic acids is 1. The molecule has 0 radical (unpaired) electrons. The number of carbonyl (C=O) groups is 1. The summed E-state index contributed by atoms with van der Waals surface area (Å²) < 4.78 is 0. The van der Waals surface area contributed by atoms with Gasteiger partial charge in [-0.2, -0.15) is 0 Å². The molecular weight excluding hydrogens is 415 g/mol. The highest BCUT2D eigenvalue weighted by Gasteiger charge is 2.12. The van der Waals surface area contributed by atoms with Crippen molar-refractivity contribution < 1.29 is 4.79 Å². The molecule has 0 fully saturated rings. The number of aryl methyl sites for hydroxylation is 1. The second-order valence-corrected chi connectivity index (χ2v) is 8.01. The molecule has 3 aromatic carbocycles. The van der Waals surface area contributed by atoms with Gasteiger partial charge in [0, 0.05) is 21.8 Å². The second kappa shape index (κ2) is 9.75. The molecule has 0 aliphatic carbocycles. The van der Waals surface area contributed by atoms with Crippen LogP contribution in [0.2, 0.25) is 10.0 Å². The number of amides is 1. The van der Waals surface area contributed by atoms with Crippen molar-refractivity contribution in [3.05, 3.63) is 105 Å². The first-order chi connectivity index (χ1) is 14.3. The van der Waals surface area contributed by atoms with Crippen LogP contribution in [0.15, 0.2) is 83.4 Å². The maximum absolute atomic E-state index is 12.6. The summed E-state index contributed by atoms with van der Waals surface area (Å²) in [7, 11) is 0. The normalized spacial score (nSPS) is 11.2. The summed E-state index contributed by atoms with van der Waals surface area (Å²) in [6.45, 7) is 6.03. The Hall–Kier alpha value is -2.88. The van der Waals surface area contributed by atoms with E-state index in [9.17, 15) is 4.79 Å². The molecule has 0 saturated carbocycles. The Morgan fingerprint density at radius 1 is 0.967 bits per heavy atom. The van der Waals surface area contributed by atoms with Crippen LogP contribution in [-0.2, 0) is 0 Å². The number of halogens is 2. The van der Waals surface area contributed by atoms with Crippen molar-refractivity contribution in [3.8, 4) is 0 Å². The number of hydrogen-bond acceptors (Lipinski definition) is 2. The summed E-state index contributed by atoms with van der Waals surface area (Å²) in [4.78, 5) is 17.4. The predicted octanol–water partition coefficient (Wildman–Crippen LogP) is 7.64. The van der Waals surface area contributed by atoms with Gasteiger partial charge < -0.3 is 5.32 Å². The fourth-order valence-corrected chi connectivity index (χ4v) is 3.30. The van der Waals surface area contributed by atoms with Gasteiger partial charge in [-0.3, -0.25) is 4.79 Å². The molecule has 3 rings (SSSR count). The number of rotatable bonds is 5. The van der Waals surface area contributed by atoms with E-state index in [1.54, 1.807) is 36.4 Å². The lowest BCUT2D eigenvalue weighted by Crippen LogP contribution is -2.12. The topological polar surface area (TPSA) is 41.5 Å². The molecule has 5 heteroatoms. The Morgan fingerprint density at radius 3 is 2.43 bits per heavy atom. The van der Waals surface area contributed by atoms with E-state index in [0.29, 0.717) is 21.3 Å². The number of nitrogens with one attached hydrogen (secondary N) is 1. The first-order valence-electron chi connectivity index (χ1n) is 9.49. The van der Waals surface area contributed by atoms with Gasteiger partial charge in [-0.05, 0) is 74.9 Å². The van der Waals surface area contributed by atoms with Gasteiger partial charge in [-0.15, -0.1) is 0 Å². The third kappa shape index (κ3) is 5.59. The Morgan fingerprint density at radius 2 is 1.73 bits per heavy atom. The number of benzene rings is 3. The van der Waals surface area contributed by atoms with E-state index in [1.165, 1.54) is 0 Å². The first kappa shape index (κ1) is 21.8. The van der Waals surface area contributed by atoms with E-state index in [2.05, 4.69) is 5.32 Å². The molecule has 0 unspecified atom stereocenters. The van der Waals surface area contributed by atoms with E-state index in [1.807, 2.05) is 57.2 Å². The van der Waals surface area contributed by atoms with Crippen molar-refractivity contribution in [2.24, 2.45) is 4.99 Å². The Balaban J connectivity index is 2.00. The van der Waals surface area contributed by atoms with Crippen molar-refractivity contribution in [2.75, 3.05) is 5.32 Å². The SMILES string of the molecule is CC(C)=CC(=Nc1ccccc1C)c1cc(NC(=O)c2cccc(Cl)c2)ccc1Cl. The number of allylic oxidation sites excluding steroid dienone is 2. The third-order valence-corrected chi connectivity index (χ3v) is 4.93. The van der Waals surface area contributed by atoms with Crippen molar-refractivity contribution >= 4 is 46.2 Å². The van der Waals surface area contributed by atoms with E-state index in [0.717, 1.165) is 28.1 Å². The summed E-state index contributed by atoms with van der Waals surface area (Å²) in [5.74, 6) is -0.245. The minimum absolute atomic E-state index is 0.245. The average Bonchev–Trinajstić information content (AvgIpc) is 2.70. The van der Waals surface area contributed by atoms with E-state index >= 15 is 0 Å². The Bertz CT molecular complexity index is 1150. The molecule has 0 aliphatic heterocycles. The quantitative estimate of drug-likeness (QED) is 0.410. The molecule has 3 aromatic rings. The van der Waals surface area contributed by atoms with E-state index in [4.69, 9.17) is 28.2 Å². The van der Waals surface area contributed by atoms with Crippen molar-refractivity contribution in [3.63, 3.8) is 0 Å². The van der Waals surface area contributed by atoms with Crippen LogP contribution < -0.4 is 5.32 Å².